The third-order valence-electron chi connectivity index (χ3n) is 5.14. The van der Waals surface area contributed by atoms with Gasteiger partial charge in [0.1, 0.15) is 23.0 Å². The Balaban J connectivity index is 1.83. The van der Waals surface area contributed by atoms with E-state index in [9.17, 15) is 4.79 Å². The number of rotatable bonds is 5. The Morgan fingerprint density at radius 2 is 1.90 bits per heavy atom. The predicted molar refractivity (Wildman–Crippen MR) is 114 cm³/mol. The van der Waals surface area contributed by atoms with E-state index < -0.39 is 0 Å². The third-order valence-corrected chi connectivity index (χ3v) is 5.14. The zero-order valence-corrected chi connectivity index (χ0v) is 18.2. The summed E-state index contributed by atoms with van der Waals surface area (Å²) in [4.78, 5) is 19.9. The highest BCUT2D eigenvalue weighted by Crippen LogP contribution is 2.30. The van der Waals surface area contributed by atoms with Gasteiger partial charge >= 0.3 is 0 Å². The maximum absolute atomic E-state index is 13.4. The molecule has 0 unspecified atom stereocenters. The topological polar surface area (TPSA) is 77.3 Å². The number of aromatic nitrogens is 3. The predicted octanol–water partition coefficient (Wildman–Crippen LogP) is 5.06. The minimum atomic E-state index is -0.112. The van der Waals surface area contributed by atoms with E-state index in [1.807, 2.05) is 63.6 Å². The van der Waals surface area contributed by atoms with Gasteiger partial charge in [0.05, 0.1) is 29.4 Å². The molecule has 4 heterocycles. The molecule has 0 aliphatic rings. The highest BCUT2D eigenvalue weighted by atomic mass is 16.3. The van der Waals surface area contributed by atoms with Crippen LogP contribution in [-0.2, 0) is 6.54 Å². The van der Waals surface area contributed by atoms with Crippen molar-refractivity contribution < 1.29 is 13.6 Å². The molecule has 0 aliphatic heterocycles. The van der Waals surface area contributed by atoms with E-state index in [0.29, 0.717) is 23.4 Å². The molecular weight excluding hydrogens is 380 g/mol. The summed E-state index contributed by atoms with van der Waals surface area (Å²) in [6.07, 6.45) is 1.72. The fourth-order valence-corrected chi connectivity index (χ4v) is 3.68. The van der Waals surface area contributed by atoms with Crippen LogP contribution >= 0.6 is 0 Å². The average molecular weight is 406 g/mol. The van der Waals surface area contributed by atoms with Crippen molar-refractivity contribution >= 4 is 16.9 Å². The standard InChI is InChI=1S/C23H26N4O3/c1-13(2)27-22-20(11-24-27)19(10-21(25-22)18-9-15(4)29-16(18)5)23(28)26(6)12-17-8-7-14(3)30-17/h7-11,13H,12H2,1-6H3. The van der Waals surface area contributed by atoms with E-state index in [2.05, 4.69) is 5.10 Å². The molecular formula is C23H26N4O3. The van der Waals surface area contributed by atoms with Crippen LogP contribution in [0.4, 0.5) is 0 Å². The third kappa shape index (κ3) is 3.51. The van der Waals surface area contributed by atoms with E-state index in [1.165, 1.54) is 0 Å². The SMILES string of the molecule is Cc1ccc(CN(C)C(=O)c2cc(-c3cc(C)oc3C)nc3c2cnn3C(C)C)o1. The fourth-order valence-electron chi connectivity index (χ4n) is 3.68. The molecule has 156 valence electrons. The van der Waals surface area contributed by atoms with Crippen LogP contribution in [0, 0.1) is 20.8 Å². The van der Waals surface area contributed by atoms with Gasteiger partial charge in [0.25, 0.3) is 5.91 Å². The van der Waals surface area contributed by atoms with Crippen molar-refractivity contribution in [3.8, 4) is 11.3 Å². The normalized spacial score (nSPS) is 11.6. The van der Waals surface area contributed by atoms with E-state index in [-0.39, 0.29) is 11.9 Å². The van der Waals surface area contributed by atoms with E-state index in [4.69, 9.17) is 13.8 Å². The van der Waals surface area contributed by atoms with Crippen LogP contribution in [-0.4, -0.2) is 32.6 Å². The van der Waals surface area contributed by atoms with Gasteiger partial charge in [-0.1, -0.05) is 0 Å². The fraction of sp³-hybridized carbons (Fsp3) is 0.348. The van der Waals surface area contributed by atoms with Crippen LogP contribution in [0.15, 0.2) is 39.3 Å². The zero-order chi connectivity index (χ0) is 21.6. The largest absolute Gasteiger partial charge is 0.466 e. The molecule has 0 saturated heterocycles. The molecule has 7 heteroatoms. The summed E-state index contributed by atoms with van der Waals surface area (Å²) in [5.74, 6) is 3.03. The van der Waals surface area contributed by atoms with Crippen LogP contribution in [0.5, 0.6) is 0 Å². The first-order valence-electron chi connectivity index (χ1n) is 10.0. The maximum atomic E-state index is 13.4. The summed E-state index contributed by atoms with van der Waals surface area (Å²) in [6, 6.07) is 7.68. The second-order valence-corrected chi connectivity index (χ2v) is 7.98. The number of furan rings is 2. The number of amides is 1. The summed E-state index contributed by atoms with van der Waals surface area (Å²) >= 11 is 0. The van der Waals surface area contributed by atoms with Gasteiger partial charge in [-0.2, -0.15) is 5.10 Å². The molecule has 7 nitrogen and oxygen atoms in total. The van der Waals surface area contributed by atoms with Gasteiger partial charge < -0.3 is 13.7 Å². The maximum Gasteiger partial charge on any atom is 0.254 e. The van der Waals surface area contributed by atoms with Crippen molar-refractivity contribution in [3.63, 3.8) is 0 Å². The first-order valence-corrected chi connectivity index (χ1v) is 10.0. The van der Waals surface area contributed by atoms with Crippen molar-refractivity contribution in [1.82, 2.24) is 19.7 Å². The van der Waals surface area contributed by atoms with Gasteiger partial charge in [-0.3, -0.25) is 4.79 Å². The smallest absolute Gasteiger partial charge is 0.254 e. The number of aryl methyl sites for hydroxylation is 3. The highest BCUT2D eigenvalue weighted by molar-refractivity contribution is 6.06. The second kappa shape index (κ2) is 7.48. The van der Waals surface area contributed by atoms with Gasteiger partial charge in [-0.25, -0.2) is 9.67 Å². The van der Waals surface area contributed by atoms with Gasteiger partial charge in [-0.05, 0) is 58.9 Å². The molecule has 30 heavy (non-hydrogen) atoms. The molecule has 0 saturated carbocycles. The number of hydrogen-bond donors (Lipinski definition) is 0. The van der Waals surface area contributed by atoms with Gasteiger partial charge in [0.2, 0.25) is 0 Å². The lowest BCUT2D eigenvalue weighted by Crippen LogP contribution is -2.26. The molecule has 0 N–H and O–H groups in total. The minimum Gasteiger partial charge on any atom is -0.466 e. The summed E-state index contributed by atoms with van der Waals surface area (Å²) < 4.78 is 13.2. The van der Waals surface area contributed by atoms with Crippen molar-refractivity contribution in [3.05, 3.63) is 59.1 Å². The molecule has 0 radical (unpaired) electrons. The first-order chi connectivity index (χ1) is 14.2. The van der Waals surface area contributed by atoms with Crippen LogP contribution in [0.1, 0.15) is 53.3 Å². The van der Waals surface area contributed by atoms with Crippen LogP contribution in [0.3, 0.4) is 0 Å². The molecule has 4 rings (SSSR count). The van der Waals surface area contributed by atoms with Crippen LogP contribution in [0.2, 0.25) is 0 Å². The lowest BCUT2D eigenvalue weighted by molar-refractivity contribution is 0.0777. The molecule has 0 fully saturated rings. The molecule has 0 aliphatic carbocycles. The molecule has 0 aromatic carbocycles. The van der Waals surface area contributed by atoms with E-state index in [0.717, 1.165) is 34.0 Å². The summed E-state index contributed by atoms with van der Waals surface area (Å²) in [5, 5.41) is 5.22. The van der Waals surface area contributed by atoms with Crippen LogP contribution < -0.4 is 0 Å². The zero-order valence-electron chi connectivity index (χ0n) is 18.2. The summed E-state index contributed by atoms with van der Waals surface area (Å²) in [5.41, 5.74) is 2.83. The highest BCUT2D eigenvalue weighted by Gasteiger charge is 2.22. The number of carbonyl (C=O) groups excluding carboxylic acids is 1. The molecule has 0 bridgehead atoms. The quantitative estimate of drug-likeness (QED) is 0.463. The number of pyridine rings is 1. The number of carbonyl (C=O) groups is 1. The Hall–Kier alpha value is -3.35. The molecule has 0 atom stereocenters. The monoisotopic (exact) mass is 406 g/mol. The molecule has 0 spiro atoms. The lowest BCUT2D eigenvalue weighted by Gasteiger charge is -2.17. The van der Waals surface area contributed by atoms with Gasteiger partial charge in [-0.15, -0.1) is 0 Å². The van der Waals surface area contributed by atoms with Gasteiger partial charge in [0, 0.05) is 18.7 Å². The Labute approximate surface area is 175 Å². The van der Waals surface area contributed by atoms with E-state index in [1.54, 1.807) is 18.1 Å². The number of fused-ring (bicyclic) bond motifs is 1. The van der Waals surface area contributed by atoms with E-state index >= 15 is 0 Å². The molecule has 1 amide bonds. The number of nitrogens with zero attached hydrogens (tertiary/aromatic N) is 4. The van der Waals surface area contributed by atoms with Crippen LogP contribution in [0.25, 0.3) is 22.3 Å². The van der Waals surface area contributed by atoms with Gasteiger partial charge in [0.15, 0.2) is 5.65 Å². The first kappa shape index (κ1) is 19.9. The summed E-state index contributed by atoms with van der Waals surface area (Å²) in [6.45, 7) is 10.2. The van der Waals surface area contributed by atoms with Crippen molar-refractivity contribution in [2.45, 2.75) is 47.2 Å². The Kier molecular flexibility index (Phi) is 4.97. The van der Waals surface area contributed by atoms with Crippen molar-refractivity contribution in [2.75, 3.05) is 7.05 Å². The van der Waals surface area contributed by atoms with Crippen molar-refractivity contribution in [1.29, 1.82) is 0 Å². The second-order valence-electron chi connectivity index (χ2n) is 7.98. The molecule has 4 aromatic heterocycles. The summed E-state index contributed by atoms with van der Waals surface area (Å²) in [7, 11) is 1.77. The Morgan fingerprint density at radius 1 is 1.13 bits per heavy atom. The Bertz CT molecular complexity index is 1230. The van der Waals surface area contributed by atoms with Crippen molar-refractivity contribution in [2.24, 2.45) is 0 Å². The Morgan fingerprint density at radius 3 is 2.50 bits per heavy atom. The average Bonchev–Trinajstić information content (AvgIpc) is 3.38. The lowest BCUT2D eigenvalue weighted by atomic mass is 10.1. The molecule has 4 aromatic rings. The number of hydrogen-bond acceptors (Lipinski definition) is 5. The minimum absolute atomic E-state index is 0.112.